The first-order valence-corrected chi connectivity index (χ1v) is 8.78. The Hall–Kier alpha value is -0.513. The minimum Gasteiger partial charge on any atom is -0.465 e. The molecule has 0 aromatic rings. The van der Waals surface area contributed by atoms with E-state index in [0.29, 0.717) is 19.3 Å². The first kappa shape index (κ1) is 17.5. The molecule has 1 saturated heterocycles. The highest BCUT2D eigenvalue weighted by Crippen LogP contribution is 2.11. The average molecular weight is 306 g/mol. The van der Waals surface area contributed by atoms with Crippen LogP contribution in [0.2, 0.25) is 0 Å². The van der Waals surface area contributed by atoms with Gasteiger partial charge < -0.3 is 18.0 Å². The summed E-state index contributed by atoms with van der Waals surface area (Å²) in [6, 6.07) is 0. The van der Waals surface area contributed by atoms with E-state index in [-0.39, 0.29) is 5.97 Å². The van der Waals surface area contributed by atoms with Crippen molar-refractivity contribution in [2.75, 3.05) is 66.8 Å². The average Bonchev–Trinajstić information content (AvgIpc) is 2.47. The van der Waals surface area contributed by atoms with Crippen molar-refractivity contribution in [3.63, 3.8) is 0 Å². The van der Waals surface area contributed by atoms with Crippen LogP contribution in [0.4, 0.5) is 0 Å². The van der Waals surface area contributed by atoms with E-state index in [1.807, 2.05) is 6.92 Å². The fourth-order valence-corrected chi connectivity index (χ4v) is 3.96. The van der Waals surface area contributed by atoms with Crippen molar-refractivity contribution >= 4 is 14.8 Å². The molecule has 0 aromatic heterocycles. The third kappa shape index (κ3) is 5.11. The van der Waals surface area contributed by atoms with Crippen LogP contribution in [0.3, 0.4) is 0 Å². The second-order valence-corrected chi connectivity index (χ2v) is 7.56. The Morgan fingerprint density at radius 3 is 1.95 bits per heavy atom. The van der Waals surface area contributed by atoms with Crippen molar-refractivity contribution in [3.8, 4) is 0 Å². The number of hydrogen-bond donors (Lipinski definition) is 0. The molecule has 118 valence electrons. The molecule has 0 amide bonds. The summed E-state index contributed by atoms with van der Waals surface area (Å²) < 4.78 is 21.2. The maximum atomic E-state index is 11.4. The molecule has 0 unspecified atom stereocenters. The molecule has 1 aliphatic heterocycles. The van der Waals surface area contributed by atoms with Gasteiger partial charge in [0, 0.05) is 47.5 Å². The molecule has 0 aliphatic carbocycles. The van der Waals surface area contributed by atoms with E-state index in [1.165, 1.54) is 0 Å². The predicted octanol–water partition coefficient (Wildman–Crippen LogP) is -0.416. The van der Waals surface area contributed by atoms with Crippen LogP contribution in [-0.2, 0) is 22.8 Å². The number of piperazine rings is 1. The largest absolute Gasteiger partial charge is 0.514 e. The van der Waals surface area contributed by atoms with Crippen molar-refractivity contribution in [2.24, 2.45) is 0 Å². The van der Waals surface area contributed by atoms with Crippen molar-refractivity contribution in [2.45, 2.75) is 6.92 Å². The number of esters is 1. The smallest absolute Gasteiger partial charge is 0.465 e. The van der Waals surface area contributed by atoms with E-state index in [9.17, 15) is 4.79 Å². The molecule has 20 heavy (non-hydrogen) atoms. The van der Waals surface area contributed by atoms with E-state index < -0.39 is 8.80 Å². The van der Waals surface area contributed by atoms with E-state index in [4.69, 9.17) is 18.0 Å². The first-order chi connectivity index (χ1) is 9.59. The summed E-state index contributed by atoms with van der Waals surface area (Å²) in [5, 5.41) is 0. The van der Waals surface area contributed by atoms with Crippen molar-refractivity contribution < 1.29 is 22.8 Å². The second kappa shape index (κ2) is 8.70. The van der Waals surface area contributed by atoms with Crippen LogP contribution in [-0.4, -0.2) is 91.4 Å². The van der Waals surface area contributed by atoms with Crippen molar-refractivity contribution in [1.29, 1.82) is 0 Å². The van der Waals surface area contributed by atoms with Gasteiger partial charge in [0.15, 0.2) is 0 Å². The highest BCUT2D eigenvalue weighted by Gasteiger charge is 2.40. The number of nitrogens with zero attached hydrogens (tertiary/aromatic N) is 2. The Morgan fingerprint density at radius 1 is 1.00 bits per heavy atom. The minimum atomic E-state index is -2.56. The number of carbonyl (C=O) groups excluding carboxylic acids is 1. The second-order valence-electron chi connectivity index (χ2n) is 4.65. The third-order valence-electron chi connectivity index (χ3n) is 3.47. The van der Waals surface area contributed by atoms with Gasteiger partial charge in [0.1, 0.15) is 0 Å². The van der Waals surface area contributed by atoms with Crippen LogP contribution in [0.15, 0.2) is 0 Å². The summed E-state index contributed by atoms with van der Waals surface area (Å²) in [6.07, 6.45) is 0.670. The summed E-state index contributed by atoms with van der Waals surface area (Å²) in [4.78, 5) is 15.8. The van der Waals surface area contributed by atoms with Crippen LogP contribution in [0.5, 0.6) is 0 Å². The van der Waals surface area contributed by atoms with Crippen LogP contribution in [0, 0.1) is 0 Å². The number of rotatable bonds is 8. The Bertz CT molecular complexity index is 285. The molecule has 1 rings (SSSR count). The Morgan fingerprint density at radius 2 is 1.50 bits per heavy atom. The molecule has 7 nitrogen and oxygen atoms in total. The quantitative estimate of drug-likeness (QED) is 0.446. The SMILES string of the molecule is CCOC(=O)CN1CCN(C[Si](OC)(OC)OC)CC1. The van der Waals surface area contributed by atoms with E-state index >= 15 is 0 Å². The molecular formula is C12H26N2O5Si. The summed E-state index contributed by atoms with van der Waals surface area (Å²) in [5.74, 6) is -0.157. The van der Waals surface area contributed by atoms with Gasteiger partial charge in [-0.2, -0.15) is 0 Å². The van der Waals surface area contributed by atoms with Gasteiger partial charge in [-0.05, 0) is 6.92 Å². The first-order valence-electron chi connectivity index (χ1n) is 6.85. The zero-order valence-corrected chi connectivity index (χ0v) is 13.9. The highest BCUT2D eigenvalue weighted by atomic mass is 28.4. The number of ether oxygens (including phenoxy) is 1. The van der Waals surface area contributed by atoms with Crippen LogP contribution in [0.25, 0.3) is 0 Å². The Balaban J connectivity index is 2.36. The maximum absolute atomic E-state index is 11.4. The molecule has 0 bridgehead atoms. The molecule has 0 saturated carbocycles. The molecule has 1 aliphatic rings. The van der Waals surface area contributed by atoms with Crippen LogP contribution in [0.1, 0.15) is 6.92 Å². The molecule has 1 fully saturated rings. The molecule has 0 N–H and O–H groups in total. The highest BCUT2D eigenvalue weighted by molar-refractivity contribution is 6.60. The van der Waals surface area contributed by atoms with Gasteiger partial charge in [-0.1, -0.05) is 0 Å². The van der Waals surface area contributed by atoms with E-state index in [1.54, 1.807) is 21.3 Å². The Labute approximate surface area is 122 Å². The van der Waals surface area contributed by atoms with Gasteiger partial charge in [0.25, 0.3) is 0 Å². The van der Waals surface area contributed by atoms with Gasteiger partial charge in [-0.25, -0.2) is 0 Å². The summed E-state index contributed by atoms with van der Waals surface area (Å²) in [5.41, 5.74) is 0. The summed E-state index contributed by atoms with van der Waals surface area (Å²) in [7, 11) is 2.31. The molecule has 0 atom stereocenters. The van der Waals surface area contributed by atoms with E-state index in [0.717, 1.165) is 26.2 Å². The monoisotopic (exact) mass is 306 g/mol. The van der Waals surface area contributed by atoms with Crippen LogP contribution < -0.4 is 0 Å². The molecule has 0 spiro atoms. The number of hydrogen-bond acceptors (Lipinski definition) is 7. The molecule has 0 aromatic carbocycles. The molecular weight excluding hydrogens is 280 g/mol. The van der Waals surface area contributed by atoms with Crippen LogP contribution >= 0.6 is 0 Å². The lowest BCUT2D eigenvalue weighted by molar-refractivity contribution is -0.144. The number of carbonyl (C=O) groups is 1. The van der Waals surface area contributed by atoms with Gasteiger partial charge in [0.2, 0.25) is 0 Å². The normalized spacial score (nSPS) is 18.2. The van der Waals surface area contributed by atoms with Gasteiger partial charge in [-0.3, -0.25) is 14.6 Å². The fraction of sp³-hybridized carbons (Fsp3) is 0.917. The van der Waals surface area contributed by atoms with E-state index in [2.05, 4.69) is 9.80 Å². The summed E-state index contributed by atoms with van der Waals surface area (Å²) in [6.45, 7) is 6.02. The third-order valence-corrected chi connectivity index (χ3v) is 6.17. The van der Waals surface area contributed by atoms with Gasteiger partial charge >= 0.3 is 14.8 Å². The lowest BCUT2D eigenvalue weighted by atomic mass is 10.3. The standard InChI is InChI=1S/C12H26N2O5Si/c1-5-19-12(15)10-13-6-8-14(9-7-13)11-20(16-2,17-3)18-4/h5-11H2,1-4H3. The van der Waals surface area contributed by atoms with Gasteiger partial charge in [0.05, 0.1) is 19.3 Å². The molecule has 0 radical (unpaired) electrons. The minimum absolute atomic E-state index is 0.157. The molecule has 8 heteroatoms. The zero-order chi connectivity index (χ0) is 15.0. The van der Waals surface area contributed by atoms with Crippen molar-refractivity contribution in [3.05, 3.63) is 0 Å². The lowest BCUT2D eigenvalue weighted by Crippen LogP contribution is -2.57. The lowest BCUT2D eigenvalue weighted by Gasteiger charge is -2.37. The fourth-order valence-electron chi connectivity index (χ4n) is 2.21. The zero-order valence-electron chi connectivity index (χ0n) is 12.9. The van der Waals surface area contributed by atoms with Crippen molar-refractivity contribution in [1.82, 2.24) is 9.80 Å². The topological polar surface area (TPSA) is 60.5 Å². The Kier molecular flexibility index (Phi) is 7.63. The summed E-state index contributed by atoms with van der Waals surface area (Å²) >= 11 is 0. The van der Waals surface area contributed by atoms with Gasteiger partial charge in [-0.15, -0.1) is 0 Å². The maximum Gasteiger partial charge on any atom is 0.514 e. The predicted molar refractivity (Wildman–Crippen MR) is 76.3 cm³/mol. The molecule has 1 heterocycles.